The lowest BCUT2D eigenvalue weighted by atomic mass is 9.91. The van der Waals surface area contributed by atoms with Crippen molar-refractivity contribution >= 4 is 39.7 Å². The van der Waals surface area contributed by atoms with Crippen molar-refractivity contribution in [2.24, 2.45) is 0 Å². The van der Waals surface area contributed by atoms with E-state index >= 15 is 4.39 Å². The first kappa shape index (κ1) is 35.9. The summed E-state index contributed by atoms with van der Waals surface area (Å²) in [6.07, 6.45) is 8.12. The van der Waals surface area contributed by atoms with Gasteiger partial charge in [0.1, 0.15) is 29.4 Å². The Kier molecular flexibility index (Phi) is 9.36. The first-order chi connectivity index (χ1) is 26.7. The number of carbonyl (C=O) groups is 2. The van der Waals surface area contributed by atoms with Crippen LogP contribution in [0.3, 0.4) is 0 Å². The zero-order valence-electron chi connectivity index (χ0n) is 31.3. The maximum absolute atomic E-state index is 17.5. The van der Waals surface area contributed by atoms with Crippen LogP contribution in [-0.4, -0.2) is 112 Å². The summed E-state index contributed by atoms with van der Waals surface area (Å²) >= 11 is 0. The Morgan fingerprint density at radius 1 is 1.07 bits per heavy atom. The molecule has 2 atom stereocenters. The number of hydrogen-bond acceptors (Lipinski definition) is 11. The number of aliphatic hydroxyl groups excluding tert-OH is 1. The Balaban J connectivity index is 1.19. The molecule has 6 aliphatic heterocycles. The van der Waals surface area contributed by atoms with E-state index in [2.05, 4.69) is 15.1 Å². The van der Waals surface area contributed by atoms with Crippen molar-refractivity contribution in [3.8, 4) is 23.0 Å². The molecule has 0 spiro atoms. The Labute approximate surface area is 319 Å². The van der Waals surface area contributed by atoms with Gasteiger partial charge < -0.3 is 34.4 Å². The van der Waals surface area contributed by atoms with Crippen molar-refractivity contribution in [3.05, 3.63) is 47.9 Å². The number of anilines is 1. The zero-order chi connectivity index (χ0) is 37.7. The average molecular weight is 754 g/mol. The second-order valence-electron chi connectivity index (χ2n) is 16.3. The van der Waals surface area contributed by atoms with Gasteiger partial charge in [-0.15, -0.1) is 0 Å². The summed E-state index contributed by atoms with van der Waals surface area (Å²) in [5.74, 6) is 0.0910. The van der Waals surface area contributed by atoms with Crippen LogP contribution in [-0.2, 0) is 11.2 Å². The molecule has 0 radical (unpaired) electrons. The van der Waals surface area contributed by atoms with E-state index in [-0.39, 0.29) is 41.7 Å². The van der Waals surface area contributed by atoms with Gasteiger partial charge >= 0.3 is 18.2 Å². The standard InChI is InChI=1S/C41H48FN7O6/c1-40-12-5-16-48(24-40)36-31-22-43-34(33(42)35(31)44-37(45-36)54-25-41-13-6-17-49(41)18-7-14-41)30-21-29(55-39(52)47-15-3-11-28(50)23-47)20-27-9-2-8-26(32(27)30)10-4-19-53-38(51)46-40/h2,8-9,20-22,28,50H,3-7,10-19,23-25H2,1H3,(H,46,51). The molecule has 14 heteroatoms. The summed E-state index contributed by atoms with van der Waals surface area (Å²) in [6, 6.07) is 9.29. The Morgan fingerprint density at radius 3 is 2.75 bits per heavy atom. The molecule has 290 valence electrons. The Morgan fingerprint density at radius 2 is 1.91 bits per heavy atom. The van der Waals surface area contributed by atoms with Crippen LogP contribution in [0.1, 0.15) is 70.3 Å². The number of rotatable bonds is 4. The summed E-state index contributed by atoms with van der Waals surface area (Å²) < 4.78 is 35.6. The SMILES string of the molecule is CC12CCCN(C1)c1nc(OCC34CCCN3CCC4)nc3c(F)c(ncc13)-c1cc(OC(=O)N3CCCC(O)C3)cc3cccc(c13)CCCOC(=O)N2. The predicted octanol–water partition coefficient (Wildman–Crippen LogP) is 5.98. The van der Waals surface area contributed by atoms with Crippen LogP contribution in [0.2, 0.25) is 0 Å². The minimum Gasteiger partial charge on any atom is -0.461 e. The fourth-order valence-corrected chi connectivity index (χ4v) is 9.63. The molecule has 2 amide bonds. The number of pyridine rings is 1. The lowest BCUT2D eigenvalue weighted by Gasteiger charge is -2.41. The van der Waals surface area contributed by atoms with E-state index in [0.717, 1.165) is 68.0 Å². The molecule has 6 bridgehead atoms. The maximum atomic E-state index is 17.5. The van der Waals surface area contributed by atoms with Crippen molar-refractivity contribution in [3.63, 3.8) is 0 Å². The van der Waals surface area contributed by atoms with Gasteiger partial charge in [-0.1, -0.05) is 18.2 Å². The van der Waals surface area contributed by atoms with E-state index in [4.69, 9.17) is 29.2 Å². The quantitative estimate of drug-likeness (QED) is 0.254. The second kappa shape index (κ2) is 14.4. The van der Waals surface area contributed by atoms with Gasteiger partial charge in [-0.05, 0) is 113 Å². The number of β-amino-alcohol motifs (C(OH)–C–C–N with tert-alkyl or cyclic N) is 1. The highest BCUT2D eigenvalue weighted by Gasteiger charge is 2.45. The lowest BCUT2D eigenvalue weighted by molar-refractivity contribution is 0.0691. The zero-order valence-corrected chi connectivity index (χ0v) is 31.3. The molecule has 2 aromatic heterocycles. The predicted molar refractivity (Wildman–Crippen MR) is 204 cm³/mol. The van der Waals surface area contributed by atoms with E-state index in [1.54, 1.807) is 18.3 Å². The number of nitrogens with one attached hydrogen (secondary N) is 1. The number of carbonyl (C=O) groups excluding carboxylic acids is 2. The smallest absolute Gasteiger partial charge is 0.415 e. The highest BCUT2D eigenvalue weighted by molar-refractivity contribution is 6.02. The van der Waals surface area contributed by atoms with E-state index in [0.29, 0.717) is 68.7 Å². The monoisotopic (exact) mass is 753 g/mol. The van der Waals surface area contributed by atoms with Gasteiger partial charge in [0, 0.05) is 37.9 Å². The van der Waals surface area contributed by atoms with Gasteiger partial charge in [0.05, 0.1) is 29.2 Å². The number of ether oxygens (including phenoxy) is 3. The van der Waals surface area contributed by atoms with Crippen LogP contribution in [0.5, 0.6) is 11.8 Å². The number of fused-ring (bicyclic) bond motifs is 7. The molecule has 4 aromatic rings. The number of amides is 2. The van der Waals surface area contributed by atoms with Crippen molar-refractivity contribution in [1.29, 1.82) is 0 Å². The summed E-state index contributed by atoms with van der Waals surface area (Å²) in [4.78, 5) is 47.0. The average Bonchev–Trinajstić information content (AvgIpc) is 3.76. The molecule has 55 heavy (non-hydrogen) atoms. The van der Waals surface area contributed by atoms with Gasteiger partial charge in [-0.3, -0.25) is 9.88 Å². The van der Waals surface area contributed by atoms with Crippen molar-refractivity contribution in [2.45, 2.75) is 88.3 Å². The third kappa shape index (κ3) is 6.88. The van der Waals surface area contributed by atoms with Gasteiger partial charge in [0.15, 0.2) is 5.82 Å². The summed E-state index contributed by atoms with van der Waals surface area (Å²) in [5, 5.41) is 15.2. The number of aromatic nitrogens is 3. The van der Waals surface area contributed by atoms with Crippen molar-refractivity contribution < 1.29 is 33.3 Å². The lowest BCUT2D eigenvalue weighted by Crippen LogP contribution is -2.57. The molecular weight excluding hydrogens is 705 g/mol. The third-order valence-corrected chi connectivity index (χ3v) is 12.3. The first-order valence-corrected chi connectivity index (χ1v) is 19.8. The van der Waals surface area contributed by atoms with E-state index < -0.39 is 29.6 Å². The number of alkyl carbamates (subject to hydrolysis) is 1. The Hall–Kier alpha value is -4.82. The van der Waals surface area contributed by atoms with Crippen LogP contribution in [0.15, 0.2) is 36.5 Å². The highest BCUT2D eigenvalue weighted by Crippen LogP contribution is 2.42. The molecule has 10 rings (SSSR count). The molecule has 4 fully saturated rings. The van der Waals surface area contributed by atoms with Crippen molar-refractivity contribution in [2.75, 3.05) is 57.4 Å². The largest absolute Gasteiger partial charge is 0.461 e. The number of likely N-dealkylation sites (tertiary alicyclic amines) is 1. The minimum absolute atomic E-state index is 0.0593. The van der Waals surface area contributed by atoms with Crippen LogP contribution in [0.25, 0.3) is 32.9 Å². The fraction of sp³-hybridized carbons (Fsp3) is 0.537. The molecule has 13 nitrogen and oxygen atoms in total. The molecule has 0 saturated carbocycles. The van der Waals surface area contributed by atoms with Crippen molar-refractivity contribution in [1.82, 2.24) is 30.1 Å². The first-order valence-electron chi connectivity index (χ1n) is 19.8. The number of nitrogens with zero attached hydrogens (tertiary/aromatic N) is 6. The van der Waals surface area contributed by atoms with Gasteiger partial charge in [-0.25, -0.2) is 14.0 Å². The molecule has 2 unspecified atom stereocenters. The number of benzene rings is 2. The molecule has 2 aromatic carbocycles. The number of piperidine rings is 2. The molecule has 8 heterocycles. The number of hydrogen-bond donors (Lipinski definition) is 2. The molecule has 6 aliphatic rings. The molecule has 4 saturated heterocycles. The molecule has 2 N–H and O–H groups in total. The topological polar surface area (TPSA) is 142 Å². The number of aliphatic hydroxyl groups is 1. The molecular formula is C41H48FN7O6. The van der Waals surface area contributed by atoms with Crippen LogP contribution in [0, 0.1) is 5.82 Å². The highest BCUT2D eigenvalue weighted by atomic mass is 19.1. The van der Waals surface area contributed by atoms with Gasteiger partial charge in [-0.2, -0.15) is 9.97 Å². The van der Waals surface area contributed by atoms with Gasteiger partial charge in [0.25, 0.3) is 0 Å². The normalized spacial score (nSPS) is 24.1. The third-order valence-electron chi connectivity index (χ3n) is 12.3. The summed E-state index contributed by atoms with van der Waals surface area (Å²) in [6.45, 7) is 6.41. The maximum Gasteiger partial charge on any atom is 0.415 e. The van der Waals surface area contributed by atoms with Crippen LogP contribution >= 0.6 is 0 Å². The van der Waals surface area contributed by atoms with E-state index in [9.17, 15) is 14.7 Å². The van der Waals surface area contributed by atoms with Crippen LogP contribution < -0.4 is 19.7 Å². The fourth-order valence-electron chi connectivity index (χ4n) is 9.63. The number of aryl methyl sites for hydroxylation is 1. The summed E-state index contributed by atoms with van der Waals surface area (Å²) in [5.41, 5.74) is 0.789. The van der Waals surface area contributed by atoms with E-state index in [1.807, 2.05) is 25.1 Å². The molecule has 0 aliphatic carbocycles. The van der Waals surface area contributed by atoms with E-state index in [1.165, 1.54) is 4.90 Å². The second-order valence-corrected chi connectivity index (χ2v) is 16.3. The Bertz CT molecular complexity index is 2140. The minimum atomic E-state index is -0.632. The van der Waals surface area contributed by atoms with Crippen LogP contribution in [0.4, 0.5) is 19.8 Å². The number of halogens is 1. The summed E-state index contributed by atoms with van der Waals surface area (Å²) in [7, 11) is 0. The van der Waals surface area contributed by atoms with Gasteiger partial charge in [0.2, 0.25) is 0 Å².